The van der Waals surface area contributed by atoms with Crippen molar-refractivity contribution in [2.24, 2.45) is 0 Å². The molecular formula is C12H12N2. The Morgan fingerprint density at radius 2 is 2.14 bits per heavy atom. The van der Waals surface area contributed by atoms with E-state index in [9.17, 15) is 0 Å². The van der Waals surface area contributed by atoms with Crippen molar-refractivity contribution in [2.75, 3.05) is 7.05 Å². The van der Waals surface area contributed by atoms with Crippen molar-refractivity contribution in [3.05, 3.63) is 42.1 Å². The van der Waals surface area contributed by atoms with Gasteiger partial charge in [0.05, 0.1) is 11.4 Å². The van der Waals surface area contributed by atoms with Gasteiger partial charge in [0, 0.05) is 30.1 Å². The van der Waals surface area contributed by atoms with E-state index in [2.05, 4.69) is 47.8 Å². The lowest BCUT2D eigenvalue weighted by Crippen LogP contribution is -2.07. The number of fused-ring (bicyclic) bond motifs is 3. The molecule has 1 aliphatic rings. The molecule has 0 saturated heterocycles. The van der Waals surface area contributed by atoms with E-state index in [-0.39, 0.29) is 0 Å². The Hall–Kier alpha value is -1.70. The molecule has 0 unspecified atom stereocenters. The van der Waals surface area contributed by atoms with Crippen LogP contribution in [0.2, 0.25) is 0 Å². The van der Waals surface area contributed by atoms with E-state index in [0.717, 1.165) is 12.2 Å². The summed E-state index contributed by atoms with van der Waals surface area (Å²) in [5.41, 5.74) is 4.89. The Morgan fingerprint density at radius 1 is 1.36 bits per heavy atom. The van der Waals surface area contributed by atoms with Crippen molar-refractivity contribution in [3.8, 4) is 0 Å². The number of hydrogen-bond donors (Lipinski definition) is 1. The highest BCUT2D eigenvalue weighted by atomic mass is 15.1. The van der Waals surface area contributed by atoms with E-state index in [1.807, 2.05) is 0 Å². The van der Waals surface area contributed by atoms with Gasteiger partial charge in [-0.05, 0) is 6.07 Å². The van der Waals surface area contributed by atoms with Crippen LogP contribution in [0.4, 0.5) is 0 Å². The molecule has 70 valence electrons. The minimum atomic E-state index is 0.970. The predicted molar refractivity (Wildman–Crippen MR) is 58.8 cm³/mol. The van der Waals surface area contributed by atoms with Gasteiger partial charge < -0.3 is 9.88 Å². The van der Waals surface area contributed by atoms with Crippen LogP contribution in [0.5, 0.6) is 0 Å². The number of hydrogen-bond acceptors (Lipinski definition) is 1. The number of aromatic nitrogens is 1. The molecule has 0 atom stereocenters. The Morgan fingerprint density at radius 3 is 3.00 bits per heavy atom. The second kappa shape index (κ2) is 2.41. The SMILES string of the molecule is C=C1c2[nH]c3ccccc3c2CN1C. The molecule has 2 nitrogen and oxygen atoms in total. The van der Waals surface area contributed by atoms with Gasteiger partial charge in [-0.1, -0.05) is 24.8 Å². The van der Waals surface area contributed by atoms with E-state index in [4.69, 9.17) is 0 Å². The summed E-state index contributed by atoms with van der Waals surface area (Å²) in [5.74, 6) is 0. The summed E-state index contributed by atoms with van der Waals surface area (Å²) in [5, 5.41) is 1.33. The minimum absolute atomic E-state index is 0.970. The molecule has 0 spiro atoms. The zero-order valence-corrected chi connectivity index (χ0v) is 8.17. The van der Waals surface area contributed by atoms with Gasteiger partial charge in [0.25, 0.3) is 0 Å². The number of aromatic amines is 1. The molecule has 1 aliphatic heterocycles. The zero-order chi connectivity index (χ0) is 9.71. The Kier molecular flexibility index (Phi) is 1.32. The van der Waals surface area contributed by atoms with E-state index in [1.165, 1.54) is 22.2 Å². The predicted octanol–water partition coefficient (Wildman–Crippen LogP) is 2.58. The highest BCUT2D eigenvalue weighted by molar-refractivity contribution is 5.90. The van der Waals surface area contributed by atoms with Gasteiger partial charge in [0.1, 0.15) is 0 Å². The fourth-order valence-corrected chi connectivity index (χ4v) is 2.13. The average molecular weight is 184 g/mol. The summed E-state index contributed by atoms with van der Waals surface area (Å²) >= 11 is 0. The van der Waals surface area contributed by atoms with E-state index < -0.39 is 0 Å². The summed E-state index contributed by atoms with van der Waals surface area (Å²) in [6.45, 7) is 5.04. The Labute approximate surface area is 82.8 Å². The summed E-state index contributed by atoms with van der Waals surface area (Å²) in [7, 11) is 2.07. The van der Waals surface area contributed by atoms with Crippen molar-refractivity contribution in [3.63, 3.8) is 0 Å². The van der Waals surface area contributed by atoms with Crippen LogP contribution < -0.4 is 0 Å². The van der Waals surface area contributed by atoms with Gasteiger partial charge in [-0.2, -0.15) is 0 Å². The highest BCUT2D eigenvalue weighted by Gasteiger charge is 2.23. The van der Waals surface area contributed by atoms with Crippen LogP contribution >= 0.6 is 0 Å². The van der Waals surface area contributed by atoms with Crippen molar-refractivity contribution in [1.82, 2.24) is 9.88 Å². The maximum Gasteiger partial charge on any atom is 0.0673 e. The third-order valence-electron chi connectivity index (χ3n) is 2.96. The monoisotopic (exact) mass is 184 g/mol. The number of nitrogens with one attached hydrogen (secondary N) is 1. The van der Waals surface area contributed by atoms with Crippen LogP contribution in [-0.4, -0.2) is 16.9 Å². The number of para-hydroxylation sites is 1. The van der Waals surface area contributed by atoms with Crippen molar-refractivity contribution in [1.29, 1.82) is 0 Å². The topological polar surface area (TPSA) is 19.0 Å². The van der Waals surface area contributed by atoms with Gasteiger partial charge >= 0.3 is 0 Å². The third-order valence-corrected chi connectivity index (χ3v) is 2.96. The summed E-state index contributed by atoms with van der Waals surface area (Å²) in [4.78, 5) is 5.59. The third kappa shape index (κ3) is 0.803. The molecular weight excluding hydrogens is 172 g/mol. The van der Waals surface area contributed by atoms with Crippen LogP contribution in [0, 0.1) is 0 Å². The normalized spacial score (nSPS) is 15.2. The fourth-order valence-electron chi connectivity index (χ4n) is 2.13. The summed E-state index contributed by atoms with van der Waals surface area (Å²) in [6, 6.07) is 8.41. The molecule has 0 fully saturated rings. The lowest BCUT2D eigenvalue weighted by atomic mass is 10.1. The first-order valence-corrected chi connectivity index (χ1v) is 4.77. The van der Waals surface area contributed by atoms with E-state index >= 15 is 0 Å². The van der Waals surface area contributed by atoms with Crippen LogP contribution in [0.3, 0.4) is 0 Å². The smallest absolute Gasteiger partial charge is 0.0673 e. The molecule has 3 rings (SSSR count). The number of rotatable bonds is 0. The minimum Gasteiger partial charge on any atom is -0.369 e. The average Bonchev–Trinajstić information content (AvgIpc) is 2.67. The maximum atomic E-state index is 4.07. The van der Waals surface area contributed by atoms with Crippen molar-refractivity contribution >= 4 is 16.6 Å². The lowest BCUT2D eigenvalue weighted by molar-refractivity contribution is 0.502. The fraction of sp³-hybridized carbons (Fsp3) is 0.167. The van der Waals surface area contributed by atoms with Crippen molar-refractivity contribution < 1.29 is 0 Å². The Bertz CT molecular complexity index is 522. The van der Waals surface area contributed by atoms with E-state index in [0.29, 0.717) is 0 Å². The molecule has 0 radical (unpaired) electrons. The van der Waals surface area contributed by atoms with Gasteiger partial charge in [-0.3, -0.25) is 0 Å². The van der Waals surface area contributed by atoms with Crippen LogP contribution in [0.15, 0.2) is 30.8 Å². The summed E-state index contributed by atoms with van der Waals surface area (Å²) in [6.07, 6.45) is 0. The molecule has 1 aromatic heterocycles. The van der Waals surface area contributed by atoms with Gasteiger partial charge in [-0.25, -0.2) is 0 Å². The second-order valence-corrected chi connectivity index (χ2v) is 3.83. The highest BCUT2D eigenvalue weighted by Crippen LogP contribution is 2.34. The molecule has 0 bridgehead atoms. The number of H-pyrrole nitrogens is 1. The Balaban J connectivity index is 2.36. The molecule has 14 heavy (non-hydrogen) atoms. The molecule has 2 heteroatoms. The standard InChI is InChI=1S/C12H12N2/c1-8-12-10(7-14(8)2)9-5-3-4-6-11(9)13-12/h3-6,13H,1,7H2,2H3. The van der Waals surface area contributed by atoms with E-state index in [1.54, 1.807) is 0 Å². The van der Waals surface area contributed by atoms with Gasteiger partial charge in [-0.15, -0.1) is 0 Å². The molecule has 2 heterocycles. The zero-order valence-electron chi connectivity index (χ0n) is 8.17. The van der Waals surface area contributed by atoms with Crippen LogP contribution in [0.1, 0.15) is 11.3 Å². The second-order valence-electron chi connectivity index (χ2n) is 3.83. The van der Waals surface area contributed by atoms with Gasteiger partial charge in [0.15, 0.2) is 0 Å². The first kappa shape index (κ1) is 7.68. The molecule has 0 aliphatic carbocycles. The van der Waals surface area contributed by atoms with Gasteiger partial charge in [0.2, 0.25) is 0 Å². The molecule has 1 N–H and O–H groups in total. The number of nitrogens with zero attached hydrogens (tertiary/aromatic N) is 1. The van der Waals surface area contributed by atoms with Crippen LogP contribution in [0.25, 0.3) is 16.6 Å². The number of benzene rings is 1. The quantitative estimate of drug-likeness (QED) is 0.666. The van der Waals surface area contributed by atoms with Crippen LogP contribution in [-0.2, 0) is 6.54 Å². The molecule has 0 saturated carbocycles. The molecule has 0 amide bonds. The first-order valence-electron chi connectivity index (χ1n) is 4.77. The summed E-state index contributed by atoms with van der Waals surface area (Å²) < 4.78 is 0. The largest absolute Gasteiger partial charge is 0.369 e. The molecule has 2 aromatic rings. The molecule has 1 aromatic carbocycles. The maximum absolute atomic E-state index is 4.07. The first-order chi connectivity index (χ1) is 6.77. The lowest BCUT2D eigenvalue weighted by Gasteiger charge is -2.11. The van der Waals surface area contributed by atoms with Crippen molar-refractivity contribution in [2.45, 2.75) is 6.54 Å².